The molecule has 28 heavy (non-hydrogen) atoms. The van der Waals surface area contributed by atoms with Crippen LogP contribution in [-0.4, -0.2) is 47.0 Å². The molecule has 0 saturated carbocycles. The third-order valence-electron chi connectivity index (χ3n) is 5.21. The summed E-state index contributed by atoms with van der Waals surface area (Å²) >= 11 is 0. The lowest BCUT2D eigenvalue weighted by Crippen LogP contribution is -2.53. The first-order valence-electron chi connectivity index (χ1n) is 9.19. The second-order valence-electron chi connectivity index (χ2n) is 7.44. The van der Waals surface area contributed by atoms with Crippen molar-refractivity contribution in [3.05, 3.63) is 64.2 Å². The number of amides is 1. The van der Waals surface area contributed by atoms with Gasteiger partial charge in [-0.3, -0.25) is 9.69 Å². The van der Waals surface area contributed by atoms with Crippen molar-refractivity contribution in [2.24, 2.45) is 0 Å². The highest BCUT2D eigenvalue weighted by Gasteiger charge is 2.37. The summed E-state index contributed by atoms with van der Waals surface area (Å²) in [5.74, 6) is -1.80. The van der Waals surface area contributed by atoms with Gasteiger partial charge in [-0.2, -0.15) is 0 Å². The first kappa shape index (κ1) is 18.5. The van der Waals surface area contributed by atoms with E-state index in [1.165, 1.54) is 17.2 Å². The molecular weight excluding hydrogens is 359 g/mol. The maximum atomic E-state index is 12.5. The summed E-state index contributed by atoms with van der Waals surface area (Å²) < 4.78 is 5.41. The molecule has 0 radical (unpaired) electrons. The lowest BCUT2D eigenvalue weighted by atomic mass is 9.72. The number of nitrogens with zero attached hydrogens (tertiary/aromatic N) is 1. The molecule has 1 amide bonds. The van der Waals surface area contributed by atoms with Crippen molar-refractivity contribution in [2.75, 3.05) is 7.05 Å². The lowest BCUT2D eigenvalue weighted by molar-refractivity contribution is -0.120. The predicted octanol–water partition coefficient (Wildman–Crippen LogP) is 1.01. The van der Waals surface area contributed by atoms with E-state index in [4.69, 9.17) is 4.65 Å². The SMILES string of the molecule is CN1Cc2ccc(CC(=O)N[C@H]3Cc4cccc(C(=O)O)c4OB3O)cc2C1. The van der Waals surface area contributed by atoms with Crippen molar-refractivity contribution in [3.63, 3.8) is 0 Å². The average Bonchev–Trinajstić information content (AvgIpc) is 3.01. The molecule has 2 aliphatic rings. The van der Waals surface area contributed by atoms with Gasteiger partial charge in [-0.25, -0.2) is 4.79 Å². The van der Waals surface area contributed by atoms with Crippen molar-refractivity contribution >= 4 is 19.0 Å². The molecule has 0 aliphatic carbocycles. The molecule has 2 aromatic carbocycles. The van der Waals surface area contributed by atoms with Crippen LogP contribution < -0.4 is 9.97 Å². The van der Waals surface area contributed by atoms with E-state index < -0.39 is 19.0 Å². The topological polar surface area (TPSA) is 99.1 Å². The Morgan fingerprint density at radius 1 is 1.21 bits per heavy atom. The van der Waals surface area contributed by atoms with Gasteiger partial charge in [0.1, 0.15) is 5.75 Å². The monoisotopic (exact) mass is 380 g/mol. The summed E-state index contributed by atoms with van der Waals surface area (Å²) in [7, 11) is 0.760. The molecule has 0 spiro atoms. The summed E-state index contributed by atoms with van der Waals surface area (Å²) in [6, 6.07) is 10.9. The fraction of sp³-hybridized carbons (Fsp3) is 0.300. The number of para-hydroxylation sites is 1. The molecular formula is C20H21BN2O5. The zero-order chi connectivity index (χ0) is 19.8. The maximum absolute atomic E-state index is 12.5. The molecule has 2 aromatic rings. The van der Waals surface area contributed by atoms with Gasteiger partial charge in [-0.15, -0.1) is 0 Å². The lowest BCUT2D eigenvalue weighted by Gasteiger charge is -2.28. The van der Waals surface area contributed by atoms with E-state index in [1.807, 2.05) is 6.07 Å². The summed E-state index contributed by atoms with van der Waals surface area (Å²) in [5.41, 5.74) is 4.10. The maximum Gasteiger partial charge on any atom is 0.547 e. The number of benzene rings is 2. The van der Waals surface area contributed by atoms with Gasteiger partial charge in [0.2, 0.25) is 5.91 Å². The minimum atomic E-state index is -1.30. The molecule has 3 N–H and O–H groups in total. The average molecular weight is 380 g/mol. The molecule has 2 heterocycles. The van der Waals surface area contributed by atoms with Crippen LogP contribution >= 0.6 is 0 Å². The molecule has 1 atom stereocenters. The Morgan fingerprint density at radius 2 is 2.00 bits per heavy atom. The highest BCUT2D eigenvalue weighted by atomic mass is 16.5. The standard InChI is InChI=1S/C20H21BN2O5/c1-23-10-14-6-5-12(7-15(14)11-23)8-18(24)22-17-9-13-3-2-4-16(20(25)26)19(13)28-21(17)27/h2-7,17,27H,8-11H2,1H3,(H,22,24)(H,25,26)/t17-/m0/s1. The summed E-state index contributed by atoms with van der Waals surface area (Å²) in [5, 5.41) is 22.3. The zero-order valence-electron chi connectivity index (χ0n) is 15.5. The van der Waals surface area contributed by atoms with Gasteiger partial charge in [0, 0.05) is 13.1 Å². The molecule has 0 unspecified atom stereocenters. The molecule has 7 nitrogen and oxygen atoms in total. The number of carboxylic acid groups (broad SMARTS) is 1. The Hall–Kier alpha value is -2.84. The van der Waals surface area contributed by atoms with Crippen LogP contribution in [0.5, 0.6) is 5.75 Å². The van der Waals surface area contributed by atoms with Gasteiger partial charge in [-0.05, 0) is 41.8 Å². The van der Waals surface area contributed by atoms with Crippen molar-refractivity contribution in [3.8, 4) is 5.75 Å². The van der Waals surface area contributed by atoms with Crippen LogP contribution in [0.3, 0.4) is 0 Å². The summed E-state index contributed by atoms with van der Waals surface area (Å²) in [6.45, 7) is 1.80. The van der Waals surface area contributed by atoms with Crippen LogP contribution in [0.15, 0.2) is 36.4 Å². The molecule has 0 aromatic heterocycles. The first-order chi connectivity index (χ1) is 13.4. The number of nitrogens with one attached hydrogen (secondary N) is 1. The Labute approximate surface area is 163 Å². The number of fused-ring (bicyclic) bond motifs is 2. The van der Waals surface area contributed by atoms with Crippen molar-refractivity contribution in [1.82, 2.24) is 10.2 Å². The van der Waals surface area contributed by atoms with Gasteiger partial charge in [0.05, 0.1) is 17.9 Å². The Bertz CT molecular complexity index is 948. The molecule has 4 rings (SSSR count). The summed E-state index contributed by atoms with van der Waals surface area (Å²) in [6.07, 6.45) is 0.514. The van der Waals surface area contributed by atoms with E-state index in [9.17, 15) is 19.7 Å². The van der Waals surface area contributed by atoms with Crippen LogP contribution in [0.2, 0.25) is 0 Å². The van der Waals surface area contributed by atoms with Gasteiger partial charge in [0.15, 0.2) is 0 Å². The summed E-state index contributed by atoms with van der Waals surface area (Å²) in [4.78, 5) is 26.0. The van der Waals surface area contributed by atoms with Gasteiger partial charge >= 0.3 is 13.1 Å². The highest BCUT2D eigenvalue weighted by molar-refractivity contribution is 6.47. The minimum absolute atomic E-state index is 0.00411. The van der Waals surface area contributed by atoms with Crippen molar-refractivity contribution in [2.45, 2.75) is 31.9 Å². The van der Waals surface area contributed by atoms with Crippen LogP contribution in [0.4, 0.5) is 0 Å². The molecule has 0 bridgehead atoms. The highest BCUT2D eigenvalue weighted by Crippen LogP contribution is 2.30. The largest absolute Gasteiger partial charge is 0.547 e. The third-order valence-corrected chi connectivity index (χ3v) is 5.21. The number of carbonyl (C=O) groups is 2. The molecule has 0 fully saturated rings. The van der Waals surface area contributed by atoms with Crippen molar-refractivity contribution < 1.29 is 24.4 Å². The van der Waals surface area contributed by atoms with E-state index in [-0.39, 0.29) is 23.6 Å². The normalized spacial score (nSPS) is 18.2. The van der Waals surface area contributed by atoms with Crippen LogP contribution in [-0.2, 0) is 30.7 Å². The molecule has 2 aliphatic heterocycles. The quantitative estimate of drug-likeness (QED) is 0.685. The van der Waals surface area contributed by atoms with Gasteiger partial charge < -0.3 is 20.1 Å². The smallest absolute Gasteiger partial charge is 0.534 e. The van der Waals surface area contributed by atoms with E-state index >= 15 is 0 Å². The van der Waals surface area contributed by atoms with Crippen LogP contribution in [0.25, 0.3) is 0 Å². The number of hydrogen-bond acceptors (Lipinski definition) is 5. The second-order valence-corrected chi connectivity index (χ2v) is 7.44. The number of carbonyl (C=O) groups excluding carboxylic acids is 1. The van der Waals surface area contributed by atoms with Crippen LogP contribution in [0, 0.1) is 0 Å². The van der Waals surface area contributed by atoms with Gasteiger partial charge in [0.25, 0.3) is 0 Å². The minimum Gasteiger partial charge on any atom is -0.534 e. The Morgan fingerprint density at radius 3 is 2.79 bits per heavy atom. The number of rotatable bonds is 4. The van der Waals surface area contributed by atoms with E-state index in [0.717, 1.165) is 18.7 Å². The molecule has 144 valence electrons. The molecule has 8 heteroatoms. The van der Waals surface area contributed by atoms with Gasteiger partial charge in [-0.1, -0.05) is 30.3 Å². The molecule has 0 saturated heterocycles. The number of carboxylic acids is 1. The van der Waals surface area contributed by atoms with Crippen molar-refractivity contribution in [1.29, 1.82) is 0 Å². The second kappa shape index (κ2) is 7.29. The third kappa shape index (κ3) is 3.61. The van der Waals surface area contributed by atoms with E-state index in [1.54, 1.807) is 12.1 Å². The number of aromatic carboxylic acids is 1. The Balaban J connectivity index is 1.43. The Kier molecular flexibility index (Phi) is 4.83. The van der Waals surface area contributed by atoms with E-state index in [2.05, 4.69) is 29.4 Å². The van der Waals surface area contributed by atoms with E-state index in [0.29, 0.717) is 12.0 Å². The fourth-order valence-corrected chi connectivity index (χ4v) is 3.89. The fourth-order valence-electron chi connectivity index (χ4n) is 3.89. The zero-order valence-corrected chi connectivity index (χ0v) is 15.5. The predicted molar refractivity (Wildman–Crippen MR) is 103 cm³/mol. The first-order valence-corrected chi connectivity index (χ1v) is 9.19. The van der Waals surface area contributed by atoms with Crippen LogP contribution in [0.1, 0.15) is 32.6 Å². The number of hydrogen-bond donors (Lipinski definition) is 3.